The van der Waals surface area contributed by atoms with E-state index in [2.05, 4.69) is 15.3 Å². The van der Waals surface area contributed by atoms with Gasteiger partial charge < -0.3 is 10.4 Å². The molecule has 1 aromatic rings. The first kappa shape index (κ1) is 15.0. The van der Waals surface area contributed by atoms with Crippen molar-refractivity contribution in [1.82, 2.24) is 14.7 Å². The number of carbonyl (C=O) groups excluding carboxylic acids is 1. The molecule has 112 valence electrons. The van der Waals surface area contributed by atoms with Gasteiger partial charge in [0.05, 0.1) is 18.3 Å². The zero-order chi connectivity index (χ0) is 14.8. The van der Waals surface area contributed by atoms with Gasteiger partial charge in [0.1, 0.15) is 5.82 Å². The van der Waals surface area contributed by atoms with Gasteiger partial charge in [-0.25, -0.2) is 4.68 Å². The fourth-order valence-corrected chi connectivity index (χ4v) is 2.40. The Labute approximate surface area is 119 Å². The van der Waals surface area contributed by atoms with Crippen LogP contribution in [-0.2, 0) is 4.79 Å². The minimum atomic E-state index is -0.580. The quantitative estimate of drug-likeness (QED) is 0.871. The van der Waals surface area contributed by atoms with E-state index in [0.29, 0.717) is 19.4 Å². The van der Waals surface area contributed by atoms with Crippen LogP contribution < -0.4 is 5.32 Å². The summed E-state index contributed by atoms with van der Waals surface area (Å²) in [5.41, 5.74) is -0.580. The topological polar surface area (TPSA) is 70.4 Å². The number of carbonyl (C=O) groups is 1. The highest BCUT2D eigenvalue weighted by molar-refractivity contribution is 5.91. The van der Waals surface area contributed by atoms with E-state index in [1.807, 2.05) is 20.8 Å². The van der Waals surface area contributed by atoms with Gasteiger partial charge >= 0.3 is 0 Å². The highest BCUT2D eigenvalue weighted by Gasteiger charge is 2.28. The molecule has 6 nitrogen and oxygen atoms in total. The fourth-order valence-electron chi connectivity index (χ4n) is 2.40. The summed E-state index contributed by atoms with van der Waals surface area (Å²) in [6.07, 6.45) is 3.11. The average molecular weight is 280 g/mol. The Kier molecular flexibility index (Phi) is 4.45. The third-order valence-corrected chi connectivity index (χ3v) is 3.73. The number of hydrogen-bond donors (Lipinski definition) is 2. The second-order valence-electron chi connectivity index (χ2n) is 6.08. The van der Waals surface area contributed by atoms with E-state index in [1.165, 1.54) is 0 Å². The van der Waals surface area contributed by atoms with Crippen LogP contribution in [0.2, 0.25) is 0 Å². The summed E-state index contributed by atoms with van der Waals surface area (Å²) in [6.45, 7) is 7.77. The van der Waals surface area contributed by atoms with E-state index >= 15 is 0 Å². The standard InChI is InChI=1S/C14H24N4O2/c1-11(2)18-12(4-7-15-18)16-13(19)10-17-8-5-14(3,20)6-9-17/h4,7,11,20H,5-6,8-10H2,1-3H3,(H,16,19). The molecule has 0 atom stereocenters. The molecule has 0 radical (unpaired) electrons. The molecule has 6 heteroatoms. The SMILES string of the molecule is CC(C)n1nccc1NC(=O)CN1CCC(C)(O)CC1. The monoisotopic (exact) mass is 280 g/mol. The van der Waals surface area contributed by atoms with Gasteiger partial charge in [0, 0.05) is 25.2 Å². The van der Waals surface area contributed by atoms with Crippen LogP contribution in [0.15, 0.2) is 12.3 Å². The first-order chi connectivity index (χ1) is 9.37. The van der Waals surface area contributed by atoms with Gasteiger partial charge in [-0.05, 0) is 33.6 Å². The van der Waals surface area contributed by atoms with E-state index in [4.69, 9.17) is 0 Å². The Balaban J connectivity index is 1.85. The van der Waals surface area contributed by atoms with Gasteiger partial charge in [-0.1, -0.05) is 0 Å². The number of nitrogens with zero attached hydrogens (tertiary/aromatic N) is 3. The zero-order valence-electron chi connectivity index (χ0n) is 12.5. The van der Waals surface area contributed by atoms with E-state index < -0.39 is 5.60 Å². The maximum Gasteiger partial charge on any atom is 0.239 e. The highest BCUT2D eigenvalue weighted by atomic mass is 16.3. The number of aliphatic hydroxyl groups is 1. The van der Waals surface area contributed by atoms with Crippen molar-refractivity contribution in [3.63, 3.8) is 0 Å². The maximum atomic E-state index is 12.1. The average Bonchev–Trinajstić information content (AvgIpc) is 2.80. The lowest BCUT2D eigenvalue weighted by Gasteiger charge is -2.35. The van der Waals surface area contributed by atoms with Crippen molar-refractivity contribution < 1.29 is 9.90 Å². The molecule has 1 aliphatic rings. The van der Waals surface area contributed by atoms with Crippen molar-refractivity contribution in [1.29, 1.82) is 0 Å². The summed E-state index contributed by atoms with van der Waals surface area (Å²) in [4.78, 5) is 14.1. The number of amides is 1. The molecular weight excluding hydrogens is 256 g/mol. The van der Waals surface area contributed by atoms with E-state index in [-0.39, 0.29) is 11.9 Å². The summed E-state index contributed by atoms with van der Waals surface area (Å²) in [5.74, 6) is 0.697. The smallest absolute Gasteiger partial charge is 0.239 e. The lowest BCUT2D eigenvalue weighted by Crippen LogP contribution is -2.45. The molecule has 1 aromatic heterocycles. The molecule has 0 spiro atoms. The summed E-state index contributed by atoms with van der Waals surface area (Å²) >= 11 is 0. The molecule has 0 saturated carbocycles. The summed E-state index contributed by atoms with van der Waals surface area (Å²) in [7, 11) is 0. The van der Waals surface area contributed by atoms with Gasteiger partial charge in [0.25, 0.3) is 0 Å². The Bertz CT molecular complexity index is 457. The number of aromatic nitrogens is 2. The molecule has 1 fully saturated rings. The van der Waals surface area contributed by atoms with Crippen LogP contribution in [0, 0.1) is 0 Å². The molecule has 0 bridgehead atoms. The highest BCUT2D eigenvalue weighted by Crippen LogP contribution is 2.21. The number of rotatable bonds is 4. The molecular formula is C14H24N4O2. The number of piperidine rings is 1. The zero-order valence-corrected chi connectivity index (χ0v) is 12.5. The summed E-state index contributed by atoms with van der Waals surface area (Å²) < 4.78 is 1.79. The molecule has 0 unspecified atom stereocenters. The molecule has 1 aliphatic heterocycles. The van der Waals surface area contributed by atoms with Crippen LogP contribution in [0.5, 0.6) is 0 Å². The molecule has 2 rings (SSSR count). The van der Waals surface area contributed by atoms with Gasteiger partial charge in [-0.2, -0.15) is 5.10 Å². The van der Waals surface area contributed by atoms with Gasteiger partial charge in [0.2, 0.25) is 5.91 Å². The second-order valence-corrected chi connectivity index (χ2v) is 6.08. The van der Waals surface area contributed by atoms with Crippen molar-refractivity contribution in [2.75, 3.05) is 25.0 Å². The minimum Gasteiger partial charge on any atom is -0.390 e. The predicted molar refractivity (Wildman–Crippen MR) is 77.5 cm³/mol. The molecule has 2 N–H and O–H groups in total. The first-order valence-electron chi connectivity index (χ1n) is 7.15. The van der Waals surface area contributed by atoms with Gasteiger partial charge in [-0.15, -0.1) is 0 Å². The Morgan fingerprint density at radius 1 is 1.50 bits per heavy atom. The van der Waals surface area contributed by atoms with Crippen LogP contribution in [0.25, 0.3) is 0 Å². The maximum absolute atomic E-state index is 12.1. The Hall–Kier alpha value is -1.40. The number of anilines is 1. The van der Waals surface area contributed by atoms with Crippen molar-refractivity contribution in [2.45, 2.75) is 45.3 Å². The van der Waals surface area contributed by atoms with Gasteiger partial charge in [-0.3, -0.25) is 9.69 Å². The fraction of sp³-hybridized carbons (Fsp3) is 0.714. The lowest BCUT2D eigenvalue weighted by atomic mass is 9.94. The minimum absolute atomic E-state index is 0.0334. The molecule has 20 heavy (non-hydrogen) atoms. The number of likely N-dealkylation sites (tertiary alicyclic amines) is 1. The van der Waals surface area contributed by atoms with Crippen molar-refractivity contribution in [2.24, 2.45) is 0 Å². The third kappa shape index (κ3) is 3.80. The second kappa shape index (κ2) is 5.93. The molecule has 0 aromatic carbocycles. The van der Waals surface area contributed by atoms with E-state index in [0.717, 1.165) is 18.9 Å². The number of hydrogen-bond acceptors (Lipinski definition) is 4. The van der Waals surface area contributed by atoms with Crippen molar-refractivity contribution in [3.8, 4) is 0 Å². The van der Waals surface area contributed by atoms with Crippen LogP contribution >= 0.6 is 0 Å². The van der Waals surface area contributed by atoms with E-state index in [1.54, 1.807) is 16.9 Å². The van der Waals surface area contributed by atoms with Crippen LogP contribution in [0.4, 0.5) is 5.82 Å². The molecule has 2 heterocycles. The Morgan fingerprint density at radius 2 is 2.15 bits per heavy atom. The van der Waals surface area contributed by atoms with Crippen LogP contribution in [-0.4, -0.2) is 50.9 Å². The van der Waals surface area contributed by atoms with Crippen molar-refractivity contribution in [3.05, 3.63) is 12.3 Å². The molecule has 1 saturated heterocycles. The third-order valence-electron chi connectivity index (χ3n) is 3.73. The lowest BCUT2D eigenvalue weighted by molar-refractivity contribution is -0.118. The van der Waals surface area contributed by atoms with Crippen molar-refractivity contribution >= 4 is 11.7 Å². The Morgan fingerprint density at radius 3 is 2.75 bits per heavy atom. The normalized spacial score (nSPS) is 19.2. The molecule has 0 aliphatic carbocycles. The summed E-state index contributed by atoms with van der Waals surface area (Å²) in [6, 6.07) is 2.02. The molecule has 1 amide bonds. The largest absolute Gasteiger partial charge is 0.390 e. The van der Waals surface area contributed by atoms with Gasteiger partial charge in [0.15, 0.2) is 0 Å². The first-order valence-corrected chi connectivity index (χ1v) is 7.15. The predicted octanol–water partition coefficient (Wildman–Crippen LogP) is 1.25. The van der Waals surface area contributed by atoms with E-state index in [9.17, 15) is 9.90 Å². The van der Waals surface area contributed by atoms with Crippen LogP contribution in [0.3, 0.4) is 0 Å². The number of nitrogens with one attached hydrogen (secondary N) is 1. The summed E-state index contributed by atoms with van der Waals surface area (Å²) in [5, 5.41) is 17.0. The van der Waals surface area contributed by atoms with Crippen LogP contribution in [0.1, 0.15) is 39.7 Å².